The largest absolute Gasteiger partial charge is 0.510 e. The predicted molar refractivity (Wildman–Crippen MR) is 122 cm³/mol. The van der Waals surface area contributed by atoms with Crippen molar-refractivity contribution in [1.82, 2.24) is 4.90 Å². The number of rotatable bonds is 4. The summed E-state index contributed by atoms with van der Waals surface area (Å²) in [4.78, 5) is 40.0. The van der Waals surface area contributed by atoms with Gasteiger partial charge in [0, 0.05) is 17.6 Å². The lowest BCUT2D eigenvalue weighted by molar-refractivity contribution is -0.148. The minimum Gasteiger partial charge on any atom is -0.510 e. The lowest BCUT2D eigenvalue weighted by Gasteiger charge is -2.50. The quantitative estimate of drug-likeness (QED) is 0.288. The van der Waals surface area contributed by atoms with Gasteiger partial charge in [-0.25, -0.2) is 8.42 Å². The molecule has 3 aliphatic carbocycles. The van der Waals surface area contributed by atoms with Gasteiger partial charge in [-0.1, -0.05) is 0 Å². The van der Waals surface area contributed by atoms with Gasteiger partial charge in [0.15, 0.2) is 11.4 Å². The molecule has 4 rings (SSSR count). The summed E-state index contributed by atoms with van der Waals surface area (Å²) >= 11 is 0. The van der Waals surface area contributed by atoms with Crippen LogP contribution in [-0.4, -0.2) is 83.2 Å². The Morgan fingerprint density at radius 2 is 1.83 bits per heavy atom. The van der Waals surface area contributed by atoms with Crippen molar-refractivity contribution in [1.29, 1.82) is 0 Å². The molecule has 0 bridgehead atoms. The summed E-state index contributed by atoms with van der Waals surface area (Å²) < 4.78 is 25.5. The second-order valence-electron chi connectivity index (χ2n) is 9.37. The number of anilines is 1. The lowest BCUT2D eigenvalue weighted by Crippen LogP contribution is -2.63. The van der Waals surface area contributed by atoms with Gasteiger partial charge < -0.3 is 26.2 Å². The zero-order valence-corrected chi connectivity index (χ0v) is 19.9. The van der Waals surface area contributed by atoms with E-state index >= 15 is 0 Å². The van der Waals surface area contributed by atoms with Gasteiger partial charge in [0.1, 0.15) is 22.8 Å². The van der Waals surface area contributed by atoms with Crippen LogP contribution in [0.1, 0.15) is 22.3 Å². The molecule has 0 spiro atoms. The fourth-order valence-electron chi connectivity index (χ4n) is 5.55. The average Bonchev–Trinajstić information content (AvgIpc) is 2.68. The highest BCUT2D eigenvalue weighted by Gasteiger charge is 2.63. The lowest BCUT2D eigenvalue weighted by atomic mass is 9.58. The summed E-state index contributed by atoms with van der Waals surface area (Å²) in [6.45, 7) is 0. The molecule has 188 valence electrons. The summed E-state index contributed by atoms with van der Waals surface area (Å²) in [5, 5.41) is 43.9. The number of nitrogens with two attached hydrogens (primary N) is 1. The van der Waals surface area contributed by atoms with Crippen LogP contribution in [0.2, 0.25) is 0 Å². The highest BCUT2D eigenvalue weighted by atomic mass is 32.2. The monoisotopic (exact) mass is 507 g/mol. The first-order valence-electron chi connectivity index (χ1n) is 10.6. The Morgan fingerprint density at radius 1 is 1.20 bits per heavy atom. The van der Waals surface area contributed by atoms with E-state index in [4.69, 9.17) is 5.73 Å². The van der Waals surface area contributed by atoms with Crippen molar-refractivity contribution < 1.29 is 43.2 Å². The molecule has 0 aromatic heterocycles. The number of benzene rings is 1. The number of aliphatic hydroxyl groups is 3. The number of carbonyl (C=O) groups is 3. The summed E-state index contributed by atoms with van der Waals surface area (Å²) in [7, 11) is -0.601. The van der Waals surface area contributed by atoms with Crippen LogP contribution in [0, 0.1) is 11.8 Å². The molecule has 35 heavy (non-hydrogen) atoms. The molecule has 3 aliphatic rings. The molecule has 1 aromatic carbocycles. The number of primary amides is 1. The molecule has 0 fully saturated rings. The molecule has 12 nitrogen and oxygen atoms in total. The Bertz CT molecular complexity index is 1360. The second kappa shape index (κ2) is 7.80. The molecule has 0 heterocycles. The summed E-state index contributed by atoms with van der Waals surface area (Å²) in [6, 6.07) is 1.34. The van der Waals surface area contributed by atoms with Crippen LogP contribution in [0.15, 0.2) is 34.8 Å². The van der Waals surface area contributed by atoms with Crippen LogP contribution < -0.4 is 10.5 Å². The van der Waals surface area contributed by atoms with Gasteiger partial charge in [0.2, 0.25) is 15.8 Å². The number of nitrogens with one attached hydrogen (secondary N) is 1. The summed E-state index contributed by atoms with van der Waals surface area (Å²) in [5.41, 5.74) is 1.54. The number of carbonyl (C=O) groups excluding carboxylic acids is 3. The second-order valence-corrected chi connectivity index (χ2v) is 11.1. The fraction of sp³-hybridized carbons (Fsp3) is 0.409. The molecule has 0 radical (unpaired) electrons. The fourth-order valence-corrected chi connectivity index (χ4v) is 6.10. The summed E-state index contributed by atoms with van der Waals surface area (Å²) in [6.07, 6.45) is 0.926. The third-order valence-electron chi connectivity index (χ3n) is 6.83. The highest BCUT2D eigenvalue weighted by Crippen LogP contribution is 2.52. The average molecular weight is 508 g/mol. The molecular weight excluding hydrogens is 482 g/mol. The van der Waals surface area contributed by atoms with E-state index < -0.39 is 73.8 Å². The molecule has 1 amide bonds. The highest BCUT2D eigenvalue weighted by molar-refractivity contribution is 7.92. The van der Waals surface area contributed by atoms with Gasteiger partial charge in [-0.15, -0.1) is 0 Å². The Kier molecular flexibility index (Phi) is 5.50. The Hall–Kier alpha value is -3.42. The standard InChI is InChI=1S/C22H25N3O9S/c1-25(2)16-11-6-9-4-8-5-10(24-35(3,33)34)7-12(26)13(8)17(27)14(9)19(29)22(11,32)20(30)15(18(16)28)21(23)31/h5,7,9,11,16,24,26,28-29,32H,4,6H2,1-3H3,(H2,23,31)/t9-,11-,16-,22-/m0/s1. The minimum atomic E-state index is -3.67. The molecular formula is C22H25N3O9S. The van der Waals surface area contributed by atoms with Gasteiger partial charge in [-0.2, -0.15) is 0 Å². The summed E-state index contributed by atoms with van der Waals surface area (Å²) in [5.74, 6) is -7.51. The maximum Gasteiger partial charge on any atom is 0.255 e. The number of phenols is 1. The molecule has 0 aliphatic heterocycles. The van der Waals surface area contributed by atoms with E-state index in [1.54, 1.807) is 0 Å². The number of likely N-dealkylation sites (N-methyl/N-ethyl adjacent to an activating group) is 1. The molecule has 13 heteroatoms. The molecule has 0 unspecified atom stereocenters. The van der Waals surface area contributed by atoms with Gasteiger partial charge >= 0.3 is 0 Å². The van der Waals surface area contributed by atoms with Crippen molar-refractivity contribution in [2.45, 2.75) is 24.5 Å². The number of phenolic OH excluding ortho intramolecular Hbond substituents is 1. The Balaban J connectivity index is 1.91. The molecule has 4 atom stereocenters. The normalized spacial score (nSPS) is 28.5. The zero-order valence-electron chi connectivity index (χ0n) is 19.1. The van der Waals surface area contributed by atoms with Crippen LogP contribution in [-0.2, 0) is 26.0 Å². The van der Waals surface area contributed by atoms with E-state index in [0.717, 1.165) is 12.3 Å². The third-order valence-corrected chi connectivity index (χ3v) is 7.44. The first-order chi connectivity index (χ1) is 16.1. The molecule has 0 saturated carbocycles. The first-order valence-corrected chi connectivity index (χ1v) is 12.5. The Morgan fingerprint density at radius 3 is 2.37 bits per heavy atom. The number of nitrogens with zero attached hydrogens (tertiary/aromatic N) is 1. The van der Waals surface area contributed by atoms with E-state index in [9.17, 15) is 43.2 Å². The van der Waals surface area contributed by atoms with Gasteiger partial charge in [0.25, 0.3) is 5.91 Å². The maximum atomic E-state index is 13.4. The van der Waals surface area contributed by atoms with Crippen molar-refractivity contribution in [2.75, 3.05) is 25.1 Å². The number of amides is 1. The van der Waals surface area contributed by atoms with Crippen LogP contribution in [0.5, 0.6) is 5.75 Å². The van der Waals surface area contributed by atoms with Crippen molar-refractivity contribution in [3.8, 4) is 5.75 Å². The molecule has 0 saturated heterocycles. The van der Waals surface area contributed by atoms with Crippen molar-refractivity contribution >= 4 is 33.2 Å². The van der Waals surface area contributed by atoms with E-state index in [2.05, 4.69) is 4.72 Å². The van der Waals surface area contributed by atoms with E-state index in [0.29, 0.717) is 5.56 Å². The van der Waals surface area contributed by atoms with Crippen LogP contribution in [0.4, 0.5) is 5.69 Å². The first kappa shape index (κ1) is 24.7. The van der Waals surface area contributed by atoms with Crippen LogP contribution >= 0.6 is 0 Å². The SMILES string of the molecule is CN(C)[C@@H]1C(O)=C(C(N)=O)C(=O)[C@@]2(O)C(O)=C3C(=O)c4c(O)cc(NS(C)(=O)=O)cc4C[C@H]3C[C@@H]12. The van der Waals surface area contributed by atoms with Crippen LogP contribution in [0.25, 0.3) is 0 Å². The number of aromatic hydroxyl groups is 1. The topological polar surface area (TPSA) is 208 Å². The number of sulfonamides is 1. The van der Waals surface area contributed by atoms with Crippen molar-refractivity contribution in [3.63, 3.8) is 0 Å². The van der Waals surface area contributed by atoms with Gasteiger partial charge in [-0.05, 0) is 44.5 Å². The minimum absolute atomic E-state index is 0.0335. The third kappa shape index (κ3) is 3.58. The van der Waals surface area contributed by atoms with Crippen molar-refractivity contribution in [3.05, 3.63) is 45.9 Å². The number of Topliss-reactive ketones (excluding diaryl/α,β-unsaturated/α-hetero) is 2. The Labute approximate surface area is 200 Å². The number of allylic oxidation sites excluding steroid dienone is 1. The van der Waals surface area contributed by atoms with Crippen molar-refractivity contribution in [2.24, 2.45) is 17.6 Å². The number of fused-ring (bicyclic) bond motifs is 3. The molecule has 1 aromatic rings. The number of hydrogen-bond donors (Lipinski definition) is 6. The van der Waals surface area contributed by atoms with Gasteiger partial charge in [-0.3, -0.25) is 24.0 Å². The number of hydrogen-bond acceptors (Lipinski definition) is 10. The van der Waals surface area contributed by atoms with Crippen LogP contribution in [0.3, 0.4) is 0 Å². The van der Waals surface area contributed by atoms with E-state index in [1.165, 1.54) is 25.1 Å². The van der Waals surface area contributed by atoms with Gasteiger partial charge in [0.05, 0.1) is 23.5 Å². The predicted octanol–water partition coefficient (Wildman–Crippen LogP) is -0.508. The number of aliphatic hydroxyl groups excluding tert-OH is 2. The zero-order chi connectivity index (χ0) is 26.2. The van der Waals surface area contributed by atoms with E-state index in [1.807, 2.05) is 0 Å². The van der Waals surface area contributed by atoms with E-state index in [-0.39, 0.29) is 29.7 Å². The maximum absolute atomic E-state index is 13.4. The smallest absolute Gasteiger partial charge is 0.255 e. The molecule has 7 N–H and O–H groups in total. The number of ketones is 2.